The highest BCUT2D eigenvalue weighted by atomic mass is 32.1. The van der Waals surface area contributed by atoms with Crippen LogP contribution in [-0.2, 0) is 4.79 Å². The van der Waals surface area contributed by atoms with E-state index in [1.54, 1.807) is 36.0 Å². The summed E-state index contributed by atoms with van der Waals surface area (Å²) in [4.78, 5) is 29.2. The molecule has 3 aromatic heterocycles. The largest absolute Gasteiger partial charge is 0.355 e. The highest BCUT2D eigenvalue weighted by Gasteiger charge is 2.27. The standard InChI is InChI=1S/C21H18FN5OS/c22-14-3-5-15(6-4-14)26-20(28)13-7-10-27(11-8-13)19-18-17(24-12-25-19)16-2-1-9-23-21(16)29-18/h1-6,9,12-13H,7-8,10-11H2,(H,26,28). The van der Waals surface area contributed by atoms with Gasteiger partial charge in [0.15, 0.2) is 0 Å². The van der Waals surface area contributed by atoms with Gasteiger partial charge < -0.3 is 10.2 Å². The van der Waals surface area contributed by atoms with Crippen molar-refractivity contribution in [3.63, 3.8) is 0 Å². The van der Waals surface area contributed by atoms with Gasteiger partial charge >= 0.3 is 0 Å². The molecule has 1 aliphatic heterocycles. The third kappa shape index (κ3) is 3.40. The van der Waals surface area contributed by atoms with E-state index in [-0.39, 0.29) is 17.6 Å². The van der Waals surface area contributed by atoms with Crippen LogP contribution in [0.25, 0.3) is 20.4 Å². The Kier molecular flexibility index (Phi) is 4.55. The van der Waals surface area contributed by atoms with E-state index in [0.29, 0.717) is 5.69 Å². The number of pyridine rings is 1. The van der Waals surface area contributed by atoms with E-state index < -0.39 is 0 Å². The number of anilines is 2. The van der Waals surface area contributed by atoms with Crippen molar-refractivity contribution in [2.75, 3.05) is 23.3 Å². The summed E-state index contributed by atoms with van der Waals surface area (Å²) in [5.74, 6) is 0.507. The van der Waals surface area contributed by atoms with Crippen LogP contribution in [0.3, 0.4) is 0 Å². The van der Waals surface area contributed by atoms with Gasteiger partial charge in [-0.2, -0.15) is 0 Å². The van der Waals surface area contributed by atoms with Crippen LogP contribution in [0.2, 0.25) is 0 Å². The average molecular weight is 407 g/mol. The molecule has 1 aliphatic rings. The predicted octanol–water partition coefficient (Wildman–Crippen LogP) is 4.23. The van der Waals surface area contributed by atoms with Crippen LogP contribution in [0.5, 0.6) is 0 Å². The van der Waals surface area contributed by atoms with E-state index in [0.717, 1.165) is 52.2 Å². The van der Waals surface area contributed by atoms with Gasteiger partial charge in [0.2, 0.25) is 5.91 Å². The van der Waals surface area contributed by atoms with E-state index in [2.05, 4.69) is 25.2 Å². The number of halogens is 1. The number of amides is 1. The van der Waals surface area contributed by atoms with Crippen molar-refractivity contribution in [2.24, 2.45) is 5.92 Å². The van der Waals surface area contributed by atoms with Crippen LogP contribution in [0.15, 0.2) is 48.9 Å². The molecule has 4 heterocycles. The monoisotopic (exact) mass is 407 g/mol. The van der Waals surface area contributed by atoms with Crippen molar-refractivity contribution >= 4 is 49.2 Å². The number of fused-ring (bicyclic) bond motifs is 3. The molecule has 29 heavy (non-hydrogen) atoms. The molecule has 146 valence electrons. The summed E-state index contributed by atoms with van der Waals surface area (Å²) < 4.78 is 14.1. The second-order valence-corrected chi connectivity index (χ2v) is 8.09. The SMILES string of the molecule is O=C(Nc1ccc(F)cc1)C1CCN(c2ncnc3c2sc2ncccc23)CC1. The molecule has 0 spiro atoms. The fourth-order valence-corrected chi connectivity index (χ4v) is 4.87. The molecule has 0 aliphatic carbocycles. The number of hydrogen-bond donors (Lipinski definition) is 1. The van der Waals surface area contributed by atoms with E-state index in [4.69, 9.17) is 0 Å². The number of carbonyl (C=O) groups excluding carboxylic acids is 1. The second kappa shape index (κ2) is 7.36. The van der Waals surface area contributed by atoms with E-state index in [1.807, 2.05) is 12.1 Å². The Bertz CT molecular complexity index is 1180. The average Bonchev–Trinajstić information content (AvgIpc) is 3.14. The Labute approximate surface area is 170 Å². The highest BCUT2D eigenvalue weighted by Crippen LogP contribution is 2.37. The minimum absolute atomic E-state index is 0.0184. The molecule has 0 unspecified atom stereocenters. The van der Waals surface area contributed by atoms with Crippen molar-refractivity contribution in [3.05, 3.63) is 54.7 Å². The lowest BCUT2D eigenvalue weighted by Gasteiger charge is -2.32. The Balaban J connectivity index is 1.31. The molecule has 1 fully saturated rings. The molecular weight excluding hydrogens is 389 g/mol. The number of thiophene rings is 1. The molecule has 0 atom stereocenters. The summed E-state index contributed by atoms with van der Waals surface area (Å²) in [5, 5.41) is 3.93. The maximum atomic E-state index is 13.0. The van der Waals surface area contributed by atoms with Gasteiger partial charge in [-0.05, 0) is 49.2 Å². The van der Waals surface area contributed by atoms with Crippen molar-refractivity contribution < 1.29 is 9.18 Å². The summed E-state index contributed by atoms with van der Waals surface area (Å²) in [7, 11) is 0. The Hall–Kier alpha value is -3.13. The lowest BCUT2D eigenvalue weighted by molar-refractivity contribution is -0.120. The van der Waals surface area contributed by atoms with E-state index in [9.17, 15) is 9.18 Å². The van der Waals surface area contributed by atoms with Crippen molar-refractivity contribution in [3.8, 4) is 0 Å². The van der Waals surface area contributed by atoms with Crippen molar-refractivity contribution in [2.45, 2.75) is 12.8 Å². The minimum Gasteiger partial charge on any atom is -0.355 e. The number of nitrogens with one attached hydrogen (secondary N) is 1. The van der Waals surface area contributed by atoms with Gasteiger partial charge in [0.25, 0.3) is 0 Å². The number of aromatic nitrogens is 3. The molecule has 1 aromatic carbocycles. The first-order valence-electron chi connectivity index (χ1n) is 9.48. The Morgan fingerprint density at radius 2 is 1.90 bits per heavy atom. The predicted molar refractivity (Wildman–Crippen MR) is 113 cm³/mol. The summed E-state index contributed by atoms with van der Waals surface area (Å²) in [6, 6.07) is 9.80. The molecule has 4 aromatic rings. The molecule has 0 saturated carbocycles. The summed E-state index contributed by atoms with van der Waals surface area (Å²) >= 11 is 1.60. The summed E-state index contributed by atoms with van der Waals surface area (Å²) in [6.07, 6.45) is 4.86. The zero-order valence-electron chi connectivity index (χ0n) is 15.5. The highest BCUT2D eigenvalue weighted by molar-refractivity contribution is 7.25. The maximum absolute atomic E-state index is 13.0. The fraction of sp³-hybridized carbons (Fsp3) is 0.238. The Morgan fingerprint density at radius 1 is 1.10 bits per heavy atom. The molecule has 8 heteroatoms. The van der Waals surface area contributed by atoms with Crippen LogP contribution in [-0.4, -0.2) is 33.9 Å². The third-order valence-corrected chi connectivity index (χ3v) is 6.39. The first kappa shape index (κ1) is 17.9. The van der Waals surface area contributed by atoms with Crippen molar-refractivity contribution in [1.29, 1.82) is 0 Å². The lowest BCUT2D eigenvalue weighted by atomic mass is 9.95. The zero-order valence-corrected chi connectivity index (χ0v) is 16.3. The molecule has 6 nitrogen and oxygen atoms in total. The topological polar surface area (TPSA) is 71.0 Å². The number of nitrogens with zero attached hydrogens (tertiary/aromatic N) is 4. The molecule has 0 radical (unpaired) electrons. The third-order valence-electron chi connectivity index (χ3n) is 5.29. The molecule has 1 saturated heterocycles. The van der Waals surface area contributed by atoms with Crippen LogP contribution in [0, 0.1) is 11.7 Å². The van der Waals surface area contributed by atoms with Crippen LogP contribution in [0.4, 0.5) is 15.9 Å². The number of hydrogen-bond acceptors (Lipinski definition) is 6. The second-order valence-electron chi connectivity index (χ2n) is 7.09. The van der Waals surface area contributed by atoms with Crippen LogP contribution >= 0.6 is 11.3 Å². The van der Waals surface area contributed by atoms with E-state index >= 15 is 0 Å². The fourth-order valence-electron chi connectivity index (χ4n) is 3.76. The molecule has 1 N–H and O–H groups in total. The van der Waals surface area contributed by atoms with Gasteiger partial charge in [-0.25, -0.2) is 19.3 Å². The molecule has 1 amide bonds. The van der Waals surface area contributed by atoms with E-state index in [1.165, 1.54) is 12.1 Å². The number of piperidine rings is 1. The van der Waals surface area contributed by atoms with Gasteiger partial charge in [-0.1, -0.05) is 0 Å². The number of benzene rings is 1. The van der Waals surface area contributed by atoms with Crippen LogP contribution < -0.4 is 10.2 Å². The smallest absolute Gasteiger partial charge is 0.227 e. The summed E-state index contributed by atoms with van der Waals surface area (Å²) in [5.41, 5.74) is 1.55. The number of carbonyl (C=O) groups is 1. The molecule has 0 bridgehead atoms. The quantitative estimate of drug-likeness (QED) is 0.550. The van der Waals surface area contributed by atoms with Gasteiger partial charge in [0.1, 0.15) is 22.8 Å². The number of rotatable bonds is 3. The Morgan fingerprint density at radius 3 is 2.69 bits per heavy atom. The first-order valence-corrected chi connectivity index (χ1v) is 10.3. The lowest BCUT2D eigenvalue weighted by Crippen LogP contribution is -2.38. The molecule has 5 rings (SSSR count). The van der Waals surface area contributed by atoms with Gasteiger partial charge in [-0.15, -0.1) is 11.3 Å². The minimum atomic E-state index is -0.316. The van der Waals surface area contributed by atoms with Crippen molar-refractivity contribution in [1.82, 2.24) is 15.0 Å². The van der Waals surface area contributed by atoms with Gasteiger partial charge in [0.05, 0.1) is 10.2 Å². The van der Waals surface area contributed by atoms with Gasteiger partial charge in [-0.3, -0.25) is 4.79 Å². The van der Waals surface area contributed by atoms with Crippen LogP contribution in [0.1, 0.15) is 12.8 Å². The maximum Gasteiger partial charge on any atom is 0.227 e. The first-order chi connectivity index (χ1) is 14.2. The van der Waals surface area contributed by atoms with Gasteiger partial charge in [0, 0.05) is 36.3 Å². The molecular formula is C21H18FN5OS. The normalized spacial score (nSPS) is 15.1. The summed E-state index contributed by atoms with van der Waals surface area (Å²) in [6.45, 7) is 1.49. The zero-order chi connectivity index (χ0) is 19.8.